The third kappa shape index (κ3) is 4.00. The quantitative estimate of drug-likeness (QED) is 0.598. The van der Waals surface area contributed by atoms with Crippen LogP contribution in [0.15, 0.2) is 23.1 Å². The fourth-order valence-electron chi connectivity index (χ4n) is 1.55. The largest absolute Gasteiger partial charge is 0.496 e. The standard InChI is InChI=1S/C12H17BrO3S/c1-10-9-11(5-6-12(10)16-2)17(14,15)8-4-3-7-13/h5-6,9H,3-4,7-8H2,1-2H3. The van der Waals surface area contributed by atoms with Gasteiger partial charge < -0.3 is 4.74 Å². The number of aryl methyl sites for hydroxylation is 1. The maximum atomic E-state index is 12.0. The number of rotatable bonds is 6. The molecule has 0 N–H and O–H groups in total. The summed E-state index contributed by atoms with van der Waals surface area (Å²) in [7, 11) is -1.58. The number of methoxy groups -OCH3 is 1. The molecular formula is C12H17BrO3S. The van der Waals surface area contributed by atoms with Crippen molar-refractivity contribution in [1.29, 1.82) is 0 Å². The minimum Gasteiger partial charge on any atom is -0.496 e. The number of alkyl halides is 1. The molecule has 0 radical (unpaired) electrons. The molecule has 0 unspecified atom stereocenters. The molecule has 1 aromatic carbocycles. The Labute approximate surface area is 111 Å². The highest BCUT2D eigenvalue weighted by molar-refractivity contribution is 9.09. The van der Waals surface area contributed by atoms with Gasteiger partial charge in [0.15, 0.2) is 9.84 Å². The first kappa shape index (κ1) is 14.5. The summed E-state index contributed by atoms with van der Waals surface area (Å²) < 4.78 is 29.1. The lowest BCUT2D eigenvalue weighted by molar-refractivity contribution is 0.411. The van der Waals surface area contributed by atoms with E-state index >= 15 is 0 Å². The second-order valence-electron chi connectivity index (χ2n) is 3.85. The molecule has 0 aliphatic rings. The Balaban J connectivity index is 2.88. The molecule has 0 saturated heterocycles. The summed E-state index contributed by atoms with van der Waals surface area (Å²) in [4.78, 5) is 0.380. The average Bonchev–Trinajstić information content (AvgIpc) is 2.29. The van der Waals surface area contributed by atoms with Gasteiger partial charge in [-0.15, -0.1) is 0 Å². The van der Waals surface area contributed by atoms with E-state index in [1.165, 1.54) is 0 Å². The number of halogens is 1. The average molecular weight is 321 g/mol. The monoisotopic (exact) mass is 320 g/mol. The molecule has 3 nitrogen and oxygen atoms in total. The molecule has 0 aliphatic heterocycles. The van der Waals surface area contributed by atoms with E-state index in [1.54, 1.807) is 25.3 Å². The number of hydrogen-bond donors (Lipinski definition) is 0. The second-order valence-corrected chi connectivity index (χ2v) is 6.75. The van der Waals surface area contributed by atoms with E-state index in [0.29, 0.717) is 17.1 Å². The van der Waals surface area contributed by atoms with Crippen LogP contribution in [0.4, 0.5) is 0 Å². The van der Waals surface area contributed by atoms with Gasteiger partial charge >= 0.3 is 0 Å². The van der Waals surface area contributed by atoms with Crippen LogP contribution in [0.2, 0.25) is 0 Å². The van der Waals surface area contributed by atoms with Crippen molar-refractivity contribution >= 4 is 25.8 Å². The SMILES string of the molecule is COc1ccc(S(=O)(=O)CCCCBr)cc1C. The molecule has 0 aliphatic carbocycles. The summed E-state index contributed by atoms with van der Waals surface area (Å²) in [6.07, 6.45) is 1.55. The van der Waals surface area contributed by atoms with Gasteiger partial charge in [-0.25, -0.2) is 8.42 Å². The number of sulfone groups is 1. The highest BCUT2D eigenvalue weighted by Crippen LogP contribution is 2.22. The molecule has 17 heavy (non-hydrogen) atoms. The van der Waals surface area contributed by atoms with E-state index in [4.69, 9.17) is 4.74 Å². The van der Waals surface area contributed by atoms with Gasteiger partial charge in [-0.1, -0.05) is 15.9 Å². The molecule has 0 heterocycles. The van der Waals surface area contributed by atoms with Crippen molar-refractivity contribution in [1.82, 2.24) is 0 Å². The Morgan fingerprint density at radius 3 is 2.53 bits per heavy atom. The van der Waals surface area contributed by atoms with E-state index in [1.807, 2.05) is 6.92 Å². The first-order chi connectivity index (χ1) is 8.01. The molecule has 1 rings (SSSR count). The van der Waals surface area contributed by atoms with Crippen molar-refractivity contribution in [3.8, 4) is 5.75 Å². The van der Waals surface area contributed by atoms with Crippen molar-refractivity contribution in [2.75, 3.05) is 18.2 Å². The van der Waals surface area contributed by atoms with Crippen LogP contribution < -0.4 is 4.74 Å². The van der Waals surface area contributed by atoms with Crippen molar-refractivity contribution in [2.45, 2.75) is 24.7 Å². The summed E-state index contributed by atoms with van der Waals surface area (Å²) in [5, 5.41) is 0.837. The second kappa shape index (κ2) is 6.40. The fraction of sp³-hybridized carbons (Fsp3) is 0.500. The molecular weight excluding hydrogens is 304 g/mol. The fourth-order valence-corrected chi connectivity index (χ4v) is 3.40. The van der Waals surface area contributed by atoms with E-state index in [0.717, 1.165) is 17.3 Å². The molecule has 0 atom stereocenters. The van der Waals surface area contributed by atoms with Gasteiger partial charge in [0, 0.05) is 5.33 Å². The Kier molecular flexibility index (Phi) is 5.46. The highest BCUT2D eigenvalue weighted by atomic mass is 79.9. The molecule has 0 spiro atoms. The van der Waals surface area contributed by atoms with Gasteiger partial charge in [0.05, 0.1) is 17.8 Å². The molecule has 0 aromatic heterocycles. The highest BCUT2D eigenvalue weighted by Gasteiger charge is 2.15. The first-order valence-corrected chi connectivity index (χ1v) is 8.22. The van der Waals surface area contributed by atoms with E-state index in [-0.39, 0.29) is 5.75 Å². The Morgan fingerprint density at radius 2 is 2.00 bits per heavy atom. The Hall–Kier alpha value is -0.550. The zero-order valence-corrected chi connectivity index (χ0v) is 12.5. The van der Waals surface area contributed by atoms with Crippen LogP contribution in [0.1, 0.15) is 18.4 Å². The van der Waals surface area contributed by atoms with Gasteiger partial charge in [-0.2, -0.15) is 0 Å². The summed E-state index contributed by atoms with van der Waals surface area (Å²) in [6, 6.07) is 4.98. The normalized spacial score (nSPS) is 11.5. The van der Waals surface area contributed by atoms with Gasteiger partial charge in [-0.05, 0) is 43.5 Å². The summed E-state index contributed by atoms with van der Waals surface area (Å²) in [6.45, 7) is 1.84. The molecule has 0 fully saturated rings. The third-order valence-corrected chi connectivity index (χ3v) is 4.88. The van der Waals surface area contributed by atoms with Crippen LogP contribution in [0.3, 0.4) is 0 Å². The third-order valence-electron chi connectivity index (χ3n) is 2.52. The van der Waals surface area contributed by atoms with E-state index < -0.39 is 9.84 Å². The smallest absolute Gasteiger partial charge is 0.178 e. The number of ether oxygens (including phenoxy) is 1. The van der Waals surface area contributed by atoms with Gasteiger partial charge in [0.2, 0.25) is 0 Å². The molecule has 0 saturated carbocycles. The maximum absolute atomic E-state index is 12.0. The lowest BCUT2D eigenvalue weighted by Gasteiger charge is -2.08. The molecule has 96 valence electrons. The van der Waals surface area contributed by atoms with Crippen LogP contribution in [-0.2, 0) is 9.84 Å². The topological polar surface area (TPSA) is 43.4 Å². The lowest BCUT2D eigenvalue weighted by atomic mass is 10.2. The van der Waals surface area contributed by atoms with Crippen LogP contribution in [-0.4, -0.2) is 26.6 Å². The molecule has 0 bridgehead atoms. The minimum absolute atomic E-state index is 0.199. The molecule has 1 aromatic rings. The molecule has 0 amide bonds. The van der Waals surface area contributed by atoms with Crippen molar-refractivity contribution < 1.29 is 13.2 Å². The van der Waals surface area contributed by atoms with E-state index in [2.05, 4.69) is 15.9 Å². The minimum atomic E-state index is -3.16. The first-order valence-electron chi connectivity index (χ1n) is 5.44. The number of benzene rings is 1. The van der Waals surface area contributed by atoms with Crippen LogP contribution in [0, 0.1) is 6.92 Å². The summed E-state index contributed by atoms with van der Waals surface area (Å²) in [5.41, 5.74) is 0.842. The van der Waals surface area contributed by atoms with Crippen LogP contribution in [0.5, 0.6) is 5.75 Å². The van der Waals surface area contributed by atoms with E-state index in [9.17, 15) is 8.42 Å². The number of unbranched alkanes of at least 4 members (excludes halogenated alkanes) is 1. The summed E-state index contributed by atoms with van der Waals surface area (Å²) in [5.74, 6) is 0.911. The zero-order valence-electron chi connectivity index (χ0n) is 10.1. The van der Waals surface area contributed by atoms with Crippen LogP contribution >= 0.6 is 15.9 Å². The molecule has 5 heteroatoms. The van der Waals surface area contributed by atoms with Crippen molar-refractivity contribution in [3.63, 3.8) is 0 Å². The lowest BCUT2D eigenvalue weighted by Crippen LogP contribution is -2.07. The Morgan fingerprint density at radius 1 is 1.29 bits per heavy atom. The predicted octanol–water partition coefficient (Wildman–Crippen LogP) is 2.95. The van der Waals surface area contributed by atoms with Crippen molar-refractivity contribution in [3.05, 3.63) is 23.8 Å². The zero-order chi connectivity index (χ0) is 12.9. The predicted molar refractivity (Wildman–Crippen MR) is 72.8 cm³/mol. The van der Waals surface area contributed by atoms with Gasteiger partial charge in [-0.3, -0.25) is 0 Å². The van der Waals surface area contributed by atoms with Gasteiger partial charge in [0.25, 0.3) is 0 Å². The summed E-state index contributed by atoms with van der Waals surface area (Å²) >= 11 is 3.29. The van der Waals surface area contributed by atoms with Crippen LogP contribution in [0.25, 0.3) is 0 Å². The maximum Gasteiger partial charge on any atom is 0.178 e. The van der Waals surface area contributed by atoms with Gasteiger partial charge in [0.1, 0.15) is 5.75 Å². The van der Waals surface area contributed by atoms with Crippen molar-refractivity contribution in [2.24, 2.45) is 0 Å². The Bertz CT molecular complexity index is 469. The number of hydrogen-bond acceptors (Lipinski definition) is 3.